The SMILES string of the molecule is CCOc1cccc(NCCCS(C)=O)n1. The quantitative estimate of drug-likeness (QED) is 0.739. The average Bonchev–Trinajstić information content (AvgIpc) is 2.25. The molecule has 0 aliphatic rings. The number of ether oxygens (including phenoxy) is 1. The Morgan fingerprint density at radius 2 is 2.31 bits per heavy atom. The van der Waals surface area contributed by atoms with Crippen LogP contribution in [0.15, 0.2) is 18.2 Å². The van der Waals surface area contributed by atoms with Gasteiger partial charge in [0.25, 0.3) is 0 Å². The number of hydrogen-bond acceptors (Lipinski definition) is 4. The smallest absolute Gasteiger partial charge is 0.215 e. The fourth-order valence-corrected chi connectivity index (χ4v) is 1.78. The van der Waals surface area contributed by atoms with Crippen LogP contribution in [-0.2, 0) is 10.8 Å². The first-order chi connectivity index (χ1) is 7.72. The molecule has 0 bridgehead atoms. The molecule has 0 radical (unpaired) electrons. The van der Waals surface area contributed by atoms with Gasteiger partial charge in [0.1, 0.15) is 5.82 Å². The molecule has 0 fully saturated rings. The molecule has 1 heterocycles. The van der Waals surface area contributed by atoms with E-state index >= 15 is 0 Å². The summed E-state index contributed by atoms with van der Waals surface area (Å²) in [6, 6.07) is 5.62. The van der Waals surface area contributed by atoms with Crippen molar-refractivity contribution in [2.75, 3.05) is 30.5 Å². The average molecular weight is 242 g/mol. The van der Waals surface area contributed by atoms with E-state index in [0.717, 1.165) is 24.5 Å². The summed E-state index contributed by atoms with van der Waals surface area (Å²) in [4.78, 5) is 4.27. The lowest BCUT2D eigenvalue weighted by molar-refractivity contribution is 0.327. The third kappa shape index (κ3) is 5.11. The van der Waals surface area contributed by atoms with Gasteiger partial charge < -0.3 is 10.1 Å². The second kappa shape index (κ2) is 7.22. The topological polar surface area (TPSA) is 51.2 Å². The van der Waals surface area contributed by atoms with Crippen molar-refractivity contribution in [3.63, 3.8) is 0 Å². The van der Waals surface area contributed by atoms with E-state index in [9.17, 15) is 4.21 Å². The molecular weight excluding hydrogens is 224 g/mol. The van der Waals surface area contributed by atoms with Crippen molar-refractivity contribution in [1.29, 1.82) is 0 Å². The Balaban J connectivity index is 2.35. The van der Waals surface area contributed by atoms with Crippen molar-refractivity contribution >= 4 is 16.6 Å². The number of anilines is 1. The lowest BCUT2D eigenvalue weighted by Gasteiger charge is -2.07. The number of aromatic nitrogens is 1. The van der Waals surface area contributed by atoms with Gasteiger partial charge in [-0.15, -0.1) is 0 Å². The normalized spacial score (nSPS) is 12.1. The van der Waals surface area contributed by atoms with Gasteiger partial charge in [0, 0.05) is 35.4 Å². The summed E-state index contributed by atoms with van der Waals surface area (Å²) < 4.78 is 16.1. The Kier molecular flexibility index (Phi) is 5.85. The molecule has 16 heavy (non-hydrogen) atoms. The fraction of sp³-hybridized carbons (Fsp3) is 0.545. The molecule has 0 aliphatic heterocycles. The molecule has 0 aliphatic carbocycles. The fourth-order valence-electron chi connectivity index (χ4n) is 1.23. The van der Waals surface area contributed by atoms with Crippen molar-refractivity contribution < 1.29 is 8.95 Å². The van der Waals surface area contributed by atoms with E-state index < -0.39 is 10.8 Å². The van der Waals surface area contributed by atoms with Crippen LogP contribution in [0.4, 0.5) is 5.82 Å². The van der Waals surface area contributed by atoms with Gasteiger partial charge in [-0.05, 0) is 19.4 Å². The van der Waals surface area contributed by atoms with Crippen LogP contribution in [0.2, 0.25) is 0 Å². The molecule has 90 valence electrons. The minimum atomic E-state index is -0.716. The van der Waals surface area contributed by atoms with E-state index in [2.05, 4.69) is 10.3 Å². The Morgan fingerprint density at radius 3 is 3.00 bits per heavy atom. The number of nitrogens with zero attached hydrogens (tertiary/aromatic N) is 1. The second-order valence-electron chi connectivity index (χ2n) is 3.35. The Bertz CT molecular complexity index is 345. The van der Waals surface area contributed by atoms with Crippen molar-refractivity contribution in [1.82, 2.24) is 4.98 Å². The predicted octanol–water partition coefficient (Wildman–Crippen LogP) is 1.66. The zero-order valence-electron chi connectivity index (χ0n) is 9.73. The molecule has 1 atom stereocenters. The summed E-state index contributed by atoms with van der Waals surface area (Å²) in [6.45, 7) is 3.33. The number of rotatable bonds is 7. The highest BCUT2D eigenvalue weighted by Gasteiger charge is 1.97. The van der Waals surface area contributed by atoms with Crippen molar-refractivity contribution in [2.24, 2.45) is 0 Å². The first-order valence-electron chi connectivity index (χ1n) is 5.36. The second-order valence-corrected chi connectivity index (χ2v) is 4.91. The summed E-state index contributed by atoms with van der Waals surface area (Å²) in [7, 11) is -0.716. The van der Waals surface area contributed by atoms with Crippen LogP contribution in [0, 0.1) is 0 Å². The molecule has 0 aromatic carbocycles. The molecular formula is C11H18N2O2S. The van der Waals surface area contributed by atoms with E-state index in [1.807, 2.05) is 25.1 Å². The van der Waals surface area contributed by atoms with Crippen molar-refractivity contribution in [2.45, 2.75) is 13.3 Å². The van der Waals surface area contributed by atoms with Crippen molar-refractivity contribution in [3.05, 3.63) is 18.2 Å². The zero-order valence-corrected chi connectivity index (χ0v) is 10.5. The van der Waals surface area contributed by atoms with Crippen LogP contribution in [0.3, 0.4) is 0 Å². The molecule has 1 aromatic heterocycles. The Morgan fingerprint density at radius 1 is 1.50 bits per heavy atom. The van der Waals surface area contributed by atoms with Crippen molar-refractivity contribution in [3.8, 4) is 5.88 Å². The van der Waals surface area contributed by atoms with Gasteiger partial charge in [0.2, 0.25) is 5.88 Å². The van der Waals surface area contributed by atoms with E-state index in [-0.39, 0.29) is 0 Å². The van der Waals surface area contributed by atoms with Gasteiger partial charge in [0.05, 0.1) is 6.61 Å². The maximum absolute atomic E-state index is 10.8. The molecule has 1 N–H and O–H groups in total. The molecule has 1 rings (SSSR count). The first-order valence-corrected chi connectivity index (χ1v) is 7.09. The van der Waals surface area contributed by atoms with Crippen LogP contribution >= 0.6 is 0 Å². The number of nitrogens with one attached hydrogen (secondary N) is 1. The highest BCUT2D eigenvalue weighted by Crippen LogP contribution is 2.10. The summed E-state index contributed by atoms with van der Waals surface area (Å²) in [5, 5.41) is 3.17. The molecule has 0 saturated heterocycles. The minimum Gasteiger partial charge on any atom is -0.478 e. The zero-order chi connectivity index (χ0) is 11.8. The highest BCUT2D eigenvalue weighted by atomic mass is 32.2. The summed E-state index contributed by atoms with van der Waals surface area (Å²) >= 11 is 0. The third-order valence-electron chi connectivity index (χ3n) is 1.93. The Hall–Kier alpha value is -1.10. The van der Waals surface area contributed by atoms with Crippen LogP contribution in [-0.4, -0.2) is 34.4 Å². The van der Waals surface area contributed by atoms with Gasteiger partial charge >= 0.3 is 0 Å². The van der Waals surface area contributed by atoms with E-state index in [4.69, 9.17) is 4.74 Å². The van der Waals surface area contributed by atoms with Gasteiger partial charge in [-0.25, -0.2) is 0 Å². The summed E-state index contributed by atoms with van der Waals surface area (Å²) in [5.41, 5.74) is 0. The Labute approximate surface area is 98.9 Å². The van der Waals surface area contributed by atoms with E-state index in [0.29, 0.717) is 12.5 Å². The maximum atomic E-state index is 10.8. The minimum absolute atomic E-state index is 0.616. The molecule has 0 amide bonds. The molecule has 5 heteroatoms. The predicted molar refractivity (Wildman–Crippen MR) is 67.4 cm³/mol. The van der Waals surface area contributed by atoms with E-state index in [1.54, 1.807) is 6.26 Å². The van der Waals surface area contributed by atoms with Crippen LogP contribution in [0.25, 0.3) is 0 Å². The number of pyridine rings is 1. The summed E-state index contributed by atoms with van der Waals surface area (Å²) in [6.07, 6.45) is 2.59. The molecule has 0 spiro atoms. The highest BCUT2D eigenvalue weighted by molar-refractivity contribution is 7.84. The monoisotopic (exact) mass is 242 g/mol. The van der Waals surface area contributed by atoms with Gasteiger partial charge in [0.15, 0.2) is 0 Å². The van der Waals surface area contributed by atoms with Gasteiger partial charge in [-0.1, -0.05) is 6.07 Å². The molecule has 1 unspecified atom stereocenters. The molecule has 0 saturated carbocycles. The van der Waals surface area contributed by atoms with Gasteiger partial charge in [-0.3, -0.25) is 4.21 Å². The van der Waals surface area contributed by atoms with Crippen LogP contribution < -0.4 is 10.1 Å². The first kappa shape index (κ1) is 13.0. The number of hydrogen-bond donors (Lipinski definition) is 1. The largest absolute Gasteiger partial charge is 0.478 e. The third-order valence-corrected chi connectivity index (χ3v) is 2.79. The summed E-state index contributed by atoms with van der Waals surface area (Å²) in [5.74, 6) is 2.15. The van der Waals surface area contributed by atoms with Crippen LogP contribution in [0.1, 0.15) is 13.3 Å². The lowest BCUT2D eigenvalue weighted by Crippen LogP contribution is -2.07. The molecule has 1 aromatic rings. The molecule has 4 nitrogen and oxygen atoms in total. The maximum Gasteiger partial charge on any atom is 0.215 e. The van der Waals surface area contributed by atoms with E-state index in [1.165, 1.54) is 0 Å². The van der Waals surface area contributed by atoms with Crippen LogP contribution in [0.5, 0.6) is 5.88 Å². The van der Waals surface area contributed by atoms with Gasteiger partial charge in [-0.2, -0.15) is 4.98 Å². The lowest BCUT2D eigenvalue weighted by atomic mass is 10.4. The standard InChI is InChI=1S/C11H18N2O2S/c1-3-15-11-7-4-6-10(13-11)12-8-5-9-16(2)14/h4,6-7H,3,5,8-9H2,1-2H3,(H,12,13).